The van der Waals surface area contributed by atoms with Crippen LogP contribution in [0.4, 0.5) is 10.3 Å². The fourth-order valence-electron chi connectivity index (χ4n) is 3.06. The molecule has 2 N–H and O–H groups in total. The number of amides is 2. The van der Waals surface area contributed by atoms with Crippen molar-refractivity contribution >= 4 is 50.8 Å². The van der Waals surface area contributed by atoms with Crippen LogP contribution < -0.4 is 10.6 Å². The van der Waals surface area contributed by atoms with E-state index in [9.17, 15) is 9.59 Å². The molecule has 1 aliphatic rings. The largest absolute Gasteiger partial charge is 0.302 e. The van der Waals surface area contributed by atoms with Gasteiger partial charge in [-0.15, -0.1) is 22.7 Å². The van der Waals surface area contributed by atoms with E-state index in [-0.39, 0.29) is 18.2 Å². The Bertz CT molecular complexity index is 1020. The first-order valence-electron chi connectivity index (χ1n) is 9.43. The second-order valence-corrected chi connectivity index (χ2v) is 8.64. The van der Waals surface area contributed by atoms with Gasteiger partial charge in [0.25, 0.3) is 0 Å². The molecule has 0 spiro atoms. The normalized spacial score (nSPS) is 13.2. The lowest BCUT2D eigenvalue weighted by Gasteiger charge is -2.06. The first-order valence-corrected chi connectivity index (χ1v) is 11.1. The summed E-state index contributed by atoms with van der Waals surface area (Å²) in [6, 6.07) is 9.59. The average Bonchev–Trinajstić information content (AvgIpc) is 3.33. The quantitative estimate of drug-likeness (QED) is 0.578. The molecule has 0 radical (unpaired) electrons. The van der Waals surface area contributed by atoms with E-state index in [1.807, 2.05) is 30.3 Å². The van der Waals surface area contributed by atoms with E-state index in [0.717, 1.165) is 30.5 Å². The van der Waals surface area contributed by atoms with Crippen LogP contribution in [0.1, 0.15) is 34.7 Å². The van der Waals surface area contributed by atoms with Gasteiger partial charge in [-0.25, -0.2) is 9.97 Å². The number of benzene rings is 1. The van der Waals surface area contributed by atoms with Crippen molar-refractivity contribution in [1.29, 1.82) is 0 Å². The van der Waals surface area contributed by atoms with Crippen LogP contribution in [0.25, 0.3) is 6.08 Å². The number of aromatic nitrogens is 2. The highest BCUT2D eigenvalue weighted by atomic mass is 32.1. The van der Waals surface area contributed by atoms with Gasteiger partial charge in [-0.05, 0) is 37.3 Å². The van der Waals surface area contributed by atoms with Gasteiger partial charge in [-0.3, -0.25) is 14.9 Å². The lowest BCUT2D eigenvalue weighted by atomic mass is 10.0. The first-order chi connectivity index (χ1) is 14.2. The number of anilines is 2. The number of hydrogen-bond acceptors (Lipinski definition) is 6. The van der Waals surface area contributed by atoms with E-state index in [1.54, 1.807) is 22.8 Å². The fraction of sp³-hybridized carbons (Fsp3) is 0.238. The van der Waals surface area contributed by atoms with Gasteiger partial charge < -0.3 is 5.32 Å². The number of nitrogens with one attached hydrogen (secondary N) is 2. The Kier molecular flexibility index (Phi) is 6.12. The third-order valence-corrected chi connectivity index (χ3v) is 6.32. The van der Waals surface area contributed by atoms with Gasteiger partial charge in [0.1, 0.15) is 0 Å². The molecule has 6 nitrogen and oxygen atoms in total. The van der Waals surface area contributed by atoms with Gasteiger partial charge in [0.05, 0.1) is 17.8 Å². The summed E-state index contributed by atoms with van der Waals surface area (Å²) in [6.07, 6.45) is 7.76. The van der Waals surface area contributed by atoms with Crippen LogP contribution in [0.3, 0.4) is 0 Å². The van der Waals surface area contributed by atoms with E-state index >= 15 is 0 Å². The average molecular weight is 425 g/mol. The zero-order valence-corrected chi connectivity index (χ0v) is 17.3. The molecule has 2 heterocycles. The number of nitrogens with zero attached hydrogens (tertiary/aromatic N) is 2. The Morgan fingerprint density at radius 3 is 2.69 bits per heavy atom. The molecule has 3 aromatic rings. The predicted octanol–water partition coefficient (Wildman–Crippen LogP) is 4.31. The van der Waals surface area contributed by atoms with Gasteiger partial charge in [-0.1, -0.05) is 30.3 Å². The fourth-order valence-corrected chi connectivity index (χ4v) is 4.84. The van der Waals surface area contributed by atoms with Crippen LogP contribution in [-0.2, 0) is 28.9 Å². The maximum Gasteiger partial charge on any atom is 0.250 e. The Morgan fingerprint density at radius 1 is 1.03 bits per heavy atom. The van der Waals surface area contributed by atoms with Gasteiger partial charge in [0, 0.05) is 16.3 Å². The van der Waals surface area contributed by atoms with Gasteiger partial charge in [-0.2, -0.15) is 0 Å². The number of fused-ring (bicyclic) bond motifs is 1. The topological polar surface area (TPSA) is 84.0 Å². The molecule has 4 rings (SSSR count). The van der Waals surface area contributed by atoms with Crippen LogP contribution in [0.15, 0.2) is 41.8 Å². The smallest absolute Gasteiger partial charge is 0.250 e. The predicted molar refractivity (Wildman–Crippen MR) is 117 cm³/mol. The summed E-state index contributed by atoms with van der Waals surface area (Å²) in [6.45, 7) is 0. The molecule has 148 valence electrons. The molecule has 1 aromatic carbocycles. The van der Waals surface area contributed by atoms with Gasteiger partial charge in [0.2, 0.25) is 11.8 Å². The zero-order chi connectivity index (χ0) is 20.1. The molecule has 0 saturated carbocycles. The molecule has 29 heavy (non-hydrogen) atoms. The SMILES string of the molecule is O=C(/C=C/c1ccccc1)Nc1nc(CC(=O)Nc2nc3c(s2)CCCC3)cs1. The van der Waals surface area contributed by atoms with Crippen molar-refractivity contribution < 1.29 is 9.59 Å². The molecule has 0 fully saturated rings. The number of thiazole rings is 2. The van der Waals surface area contributed by atoms with Crippen LogP contribution >= 0.6 is 22.7 Å². The summed E-state index contributed by atoms with van der Waals surface area (Å²) in [5, 5.41) is 8.52. The minimum Gasteiger partial charge on any atom is -0.302 e. The van der Waals surface area contributed by atoms with E-state index in [2.05, 4.69) is 20.6 Å². The molecular weight excluding hydrogens is 404 g/mol. The standard InChI is InChI=1S/C21H20N4O2S2/c26-18(11-10-14-6-2-1-3-7-14)24-20-22-15(13-28-20)12-19(27)25-21-23-16-8-4-5-9-17(16)29-21/h1-3,6-7,10-11,13H,4-5,8-9,12H2,(H,22,24,26)(H,23,25,27)/b11-10+. The molecule has 0 bridgehead atoms. The molecule has 0 saturated heterocycles. The molecule has 0 unspecified atom stereocenters. The Labute approximate surface area is 176 Å². The van der Waals surface area contributed by atoms with E-state index in [1.165, 1.54) is 28.7 Å². The Hall–Kier alpha value is -2.84. The summed E-state index contributed by atoms with van der Waals surface area (Å²) in [5.74, 6) is -0.407. The number of rotatable bonds is 6. The van der Waals surface area contributed by atoms with Crippen molar-refractivity contribution in [3.05, 3.63) is 63.6 Å². The minimum atomic E-state index is -0.257. The maximum atomic E-state index is 12.3. The second-order valence-electron chi connectivity index (χ2n) is 6.70. The van der Waals surface area contributed by atoms with Crippen molar-refractivity contribution in [2.75, 3.05) is 10.6 Å². The lowest BCUT2D eigenvalue weighted by Crippen LogP contribution is -2.14. The van der Waals surface area contributed by atoms with Gasteiger partial charge >= 0.3 is 0 Å². The summed E-state index contributed by atoms with van der Waals surface area (Å²) >= 11 is 2.87. The highest BCUT2D eigenvalue weighted by Crippen LogP contribution is 2.29. The number of carbonyl (C=O) groups excluding carboxylic acids is 2. The third-order valence-electron chi connectivity index (χ3n) is 4.44. The first kappa shape index (κ1) is 19.5. The minimum absolute atomic E-state index is 0.149. The summed E-state index contributed by atoms with van der Waals surface area (Å²) in [5.41, 5.74) is 2.69. The molecule has 0 atom stereocenters. The number of carbonyl (C=O) groups is 2. The van der Waals surface area contributed by atoms with Gasteiger partial charge in [0.15, 0.2) is 10.3 Å². The number of aryl methyl sites for hydroxylation is 2. The van der Waals surface area contributed by atoms with Crippen LogP contribution in [0, 0.1) is 0 Å². The van der Waals surface area contributed by atoms with E-state index in [4.69, 9.17) is 0 Å². The van der Waals surface area contributed by atoms with Crippen molar-refractivity contribution in [1.82, 2.24) is 9.97 Å². The highest BCUT2D eigenvalue weighted by Gasteiger charge is 2.17. The molecule has 2 aromatic heterocycles. The van der Waals surface area contributed by atoms with Crippen molar-refractivity contribution in [2.45, 2.75) is 32.1 Å². The molecule has 8 heteroatoms. The molecule has 0 aliphatic heterocycles. The molecule has 1 aliphatic carbocycles. The van der Waals surface area contributed by atoms with Crippen LogP contribution in [0.2, 0.25) is 0 Å². The van der Waals surface area contributed by atoms with Crippen molar-refractivity contribution in [2.24, 2.45) is 0 Å². The van der Waals surface area contributed by atoms with Crippen molar-refractivity contribution in [3.63, 3.8) is 0 Å². The summed E-state index contributed by atoms with van der Waals surface area (Å²) in [4.78, 5) is 34.5. The second kappa shape index (κ2) is 9.11. The maximum absolute atomic E-state index is 12.3. The molecule has 2 amide bonds. The van der Waals surface area contributed by atoms with Crippen LogP contribution in [-0.4, -0.2) is 21.8 Å². The molecular formula is C21H20N4O2S2. The monoisotopic (exact) mass is 424 g/mol. The lowest BCUT2D eigenvalue weighted by molar-refractivity contribution is -0.115. The summed E-state index contributed by atoms with van der Waals surface area (Å²) < 4.78 is 0. The highest BCUT2D eigenvalue weighted by molar-refractivity contribution is 7.16. The van der Waals surface area contributed by atoms with E-state index < -0.39 is 0 Å². The zero-order valence-electron chi connectivity index (χ0n) is 15.7. The van der Waals surface area contributed by atoms with E-state index in [0.29, 0.717) is 16.0 Å². The Morgan fingerprint density at radius 2 is 1.86 bits per heavy atom. The van der Waals surface area contributed by atoms with Crippen LogP contribution in [0.5, 0.6) is 0 Å². The number of hydrogen-bond donors (Lipinski definition) is 2. The van der Waals surface area contributed by atoms with Crippen molar-refractivity contribution in [3.8, 4) is 0 Å². The third kappa shape index (κ3) is 5.36. The Balaban J connectivity index is 1.29. The summed E-state index contributed by atoms with van der Waals surface area (Å²) in [7, 11) is 0.